The fraction of sp³-hybridized carbons (Fsp3) is 0.323. The second-order valence-corrected chi connectivity index (χ2v) is 10.9. The highest BCUT2D eigenvalue weighted by Crippen LogP contribution is 2.35. The van der Waals surface area contributed by atoms with Gasteiger partial charge in [-0.15, -0.1) is 0 Å². The van der Waals surface area contributed by atoms with Gasteiger partial charge < -0.3 is 25.5 Å². The SMILES string of the molecule is Cc1c(C(=O)O)ccc2c1CC[C@@H]2NC(=O)c1cc(C(=O)NCc2cccc(N3CCN(C)CC3)c2)nc2ccnn12. The molecule has 42 heavy (non-hydrogen) atoms. The van der Waals surface area contributed by atoms with Gasteiger partial charge in [0.1, 0.15) is 11.4 Å². The van der Waals surface area contributed by atoms with Crippen molar-refractivity contribution < 1.29 is 19.5 Å². The standard InChI is InChI=1S/C31H33N7O4/c1-19-22-8-9-25(24(22)7-6-23(19)31(41)42)35-30(40)27-17-26(34-28-10-11-33-38(27)28)29(39)32-18-20-4-3-5-21(16-20)37-14-12-36(2)13-15-37/h3-7,10-11,16-17,25H,8-9,12-15,18H2,1-2H3,(H,32,39)(H,35,40)(H,41,42)/t25-/m0/s1. The van der Waals surface area contributed by atoms with E-state index in [-0.39, 0.29) is 28.9 Å². The number of nitrogens with one attached hydrogen (secondary N) is 2. The van der Waals surface area contributed by atoms with Gasteiger partial charge >= 0.3 is 5.97 Å². The molecule has 6 rings (SSSR count). The lowest BCUT2D eigenvalue weighted by Gasteiger charge is -2.34. The summed E-state index contributed by atoms with van der Waals surface area (Å²) in [4.78, 5) is 47.4. The first-order valence-electron chi connectivity index (χ1n) is 14.1. The summed E-state index contributed by atoms with van der Waals surface area (Å²) in [5.41, 5.74) is 5.68. The molecule has 0 bridgehead atoms. The number of anilines is 1. The molecule has 4 aromatic rings. The number of fused-ring (bicyclic) bond motifs is 2. The van der Waals surface area contributed by atoms with E-state index in [2.05, 4.69) is 49.7 Å². The second-order valence-electron chi connectivity index (χ2n) is 10.9. The van der Waals surface area contributed by atoms with E-state index in [9.17, 15) is 19.5 Å². The van der Waals surface area contributed by atoms with Gasteiger partial charge in [0.25, 0.3) is 11.8 Å². The number of nitrogens with zero attached hydrogens (tertiary/aromatic N) is 5. The van der Waals surface area contributed by atoms with Gasteiger partial charge in [-0.2, -0.15) is 5.10 Å². The van der Waals surface area contributed by atoms with Crippen molar-refractivity contribution in [2.75, 3.05) is 38.1 Å². The van der Waals surface area contributed by atoms with Crippen LogP contribution in [-0.2, 0) is 13.0 Å². The lowest BCUT2D eigenvalue weighted by atomic mass is 9.98. The molecular formula is C31H33N7O4. The zero-order valence-electron chi connectivity index (χ0n) is 23.6. The van der Waals surface area contributed by atoms with Gasteiger partial charge in [0.05, 0.1) is 17.8 Å². The topological polar surface area (TPSA) is 132 Å². The lowest BCUT2D eigenvalue weighted by Crippen LogP contribution is -2.44. The molecule has 2 aromatic heterocycles. The first kappa shape index (κ1) is 27.4. The van der Waals surface area contributed by atoms with Gasteiger partial charge in [-0.25, -0.2) is 14.3 Å². The van der Waals surface area contributed by atoms with Crippen LogP contribution < -0.4 is 15.5 Å². The van der Waals surface area contributed by atoms with E-state index in [4.69, 9.17) is 0 Å². The molecular weight excluding hydrogens is 534 g/mol. The molecule has 2 amide bonds. The minimum Gasteiger partial charge on any atom is -0.478 e. The number of hydrogen-bond donors (Lipinski definition) is 3. The molecule has 0 radical (unpaired) electrons. The Morgan fingerprint density at radius 2 is 1.83 bits per heavy atom. The Labute approximate surface area is 243 Å². The van der Waals surface area contributed by atoms with E-state index in [1.165, 1.54) is 16.8 Å². The van der Waals surface area contributed by atoms with Crippen LogP contribution in [0.5, 0.6) is 0 Å². The number of piperazine rings is 1. The van der Waals surface area contributed by atoms with E-state index < -0.39 is 11.9 Å². The smallest absolute Gasteiger partial charge is 0.335 e. The molecule has 0 saturated carbocycles. The molecule has 1 atom stereocenters. The Hall–Kier alpha value is -4.77. The monoisotopic (exact) mass is 567 g/mol. The quantitative estimate of drug-likeness (QED) is 0.311. The van der Waals surface area contributed by atoms with Crippen LogP contribution in [0.1, 0.15) is 66.1 Å². The summed E-state index contributed by atoms with van der Waals surface area (Å²) in [6, 6.07) is 14.4. The van der Waals surface area contributed by atoms with Crippen LogP contribution in [0.15, 0.2) is 54.7 Å². The van der Waals surface area contributed by atoms with Crippen LogP contribution in [-0.4, -0.2) is 75.6 Å². The van der Waals surface area contributed by atoms with Gasteiger partial charge in [0.2, 0.25) is 0 Å². The first-order chi connectivity index (χ1) is 20.3. The highest BCUT2D eigenvalue weighted by molar-refractivity contribution is 5.98. The molecule has 1 aliphatic heterocycles. The molecule has 11 heteroatoms. The molecule has 1 fully saturated rings. The van der Waals surface area contributed by atoms with Crippen LogP contribution in [0.3, 0.4) is 0 Å². The van der Waals surface area contributed by atoms with E-state index >= 15 is 0 Å². The van der Waals surface area contributed by atoms with Crippen LogP contribution in [0, 0.1) is 6.92 Å². The van der Waals surface area contributed by atoms with Crippen molar-refractivity contribution in [3.8, 4) is 0 Å². The van der Waals surface area contributed by atoms with Crippen LogP contribution in [0.2, 0.25) is 0 Å². The number of carboxylic acid groups (broad SMARTS) is 1. The average Bonchev–Trinajstić information content (AvgIpc) is 3.63. The van der Waals surface area contributed by atoms with Gasteiger partial charge in [-0.3, -0.25) is 9.59 Å². The fourth-order valence-corrected chi connectivity index (χ4v) is 5.89. The van der Waals surface area contributed by atoms with E-state index in [0.29, 0.717) is 25.0 Å². The van der Waals surface area contributed by atoms with Gasteiger partial charge in [0, 0.05) is 50.5 Å². The van der Waals surface area contributed by atoms with Crippen molar-refractivity contribution in [3.63, 3.8) is 0 Å². The molecule has 1 saturated heterocycles. The summed E-state index contributed by atoms with van der Waals surface area (Å²) in [5, 5.41) is 19.7. The number of carboxylic acids is 1. The molecule has 216 valence electrons. The van der Waals surface area contributed by atoms with Crippen molar-refractivity contribution in [1.29, 1.82) is 0 Å². The summed E-state index contributed by atoms with van der Waals surface area (Å²) in [5.74, 6) is -1.74. The maximum atomic E-state index is 13.5. The van der Waals surface area contributed by atoms with Crippen LogP contribution >= 0.6 is 0 Å². The molecule has 11 nitrogen and oxygen atoms in total. The number of aromatic carboxylic acids is 1. The van der Waals surface area contributed by atoms with E-state index in [0.717, 1.165) is 54.1 Å². The Morgan fingerprint density at radius 3 is 2.62 bits per heavy atom. The average molecular weight is 568 g/mol. The zero-order chi connectivity index (χ0) is 29.4. The van der Waals surface area contributed by atoms with Crippen LogP contribution in [0.4, 0.5) is 5.69 Å². The first-order valence-corrected chi connectivity index (χ1v) is 14.1. The Kier molecular flexibility index (Phi) is 7.34. The van der Waals surface area contributed by atoms with Gasteiger partial charge in [0.15, 0.2) is 5.65 Å². The minimum absolute atomic E-state index is 0.122. The lowest BCUT2D eigenvalue weighted by molar-refractivity contribution is 0.0695. The number of carbonyl (C=O) groups excluding carboxylic acids is 2. The maximum absolute atomic E-state index is 13.5. The second kappa shape index (κ2) is 11.2. The Balaban J connectivity index is 1.18. The van der Waals surface area contributed by atoms with Crippen molar-refractivity contribution >= 4 is 29.1 Å². The van der Waals surface area contributed by atoms with Gasteiger partial charge in [-0.05, 0) is 67.3 Å². The molecule has 0 unspecified atom stereocenters. The third-order valence-electron chi connectivity index (χ3n) is 8.29. The molecule has 3 heterocycles. The van der Waals surface area contributed by atoms with Crippen LogP contribution in [0.25, 0.3) is 5.65 Å². The predicted octanol–water partition coefficient (Wildman–Crippen LogP) is 2.84. The van der Waals surface area contributed by atoms with Gasteiger partial charge in [-0.1, -0.05) is 18.2 Å². The normalized spacial score (nSPS) is 16.8. The summed E-state index contributed by atoms with van der Waals surface area (Å²) < 4.78 is 1.42. The van der Waals surface area contributed by atoms with Crippen molar-refractivity contribution in [1.82, 2.24) is 30.1 Å². The van der Waals surface area contributed by atoms with Crippen molar-refractivity contribution in [3.05, 3.63) is 93.9 Å². The molecule has 2 aliphatic rings. The van der Waals surface area contributed by atoms with E-state index in [1.807, 2.05) is 12.1 Å². The third kappa shape index (κ3) is 5.30. The summed E-state index contributed by atoms with van der Waals surface area (Å²) >= 11 is 0. The summed E-state index contributed by atoms with van der Waals surface area (Å²) in [7, 11) is 2.13. The zero-order valence-corrected chi connectivity index (χ0v) is 23.6. The number of aromatic nitrogens is 3. The highest BCUT2D eigenvalue weighted by atomic mass is 16.4. The Morgan fingerprint density at radius 1 is 1.02 bits per heavy atom. The molecule has 3 N–H and O–H groups in total. The fourth-order valence-electron chi connectivity index (χ4n) is 5.89. The molecule has 1 aliphatic carbocycles. The number of carbonyl (C=O) groups is 3. The number of rotatable bonds is 7. The largest absolute Gasteiger partial charge is 0.478 e. The Bertz CT molecular complexity index is 1690. The number of benzene rings is 2. The predicted molar refractivity (Wildman–Crippen MR) is 157 cm³/mol. The highest BCUT2D eigenvalue weighted by Gasteiger charge is 2.29. The summed E-state index contributed by atoms with van der Waals surface area (Å²) in [6.45, 7) is 6.07. The summed E-state index contributed by atoms with van der Waals surface area (Å²) in [6.07, 6.45) is 2.86. The van der Waals surface area contributed by atoms with E-state index in [1.54, 1.807) is 25.1 Å². The van der Waals surface area contributed by atoms with Crippen molar-refractivity contribution in [2.24, 2.45) is 0 Å². The maximum Gasteiger partial charge on any atom is 0.335 e. The number of amides is 2. The third-order valence-corrected chi connectivity index (χ3v) is 8.29. The molecule has 2 aromatic carbocycles. The number of hydrogen-bond acceptors (Lipinski definition) is 7. The van der Waals surface area contributed by atoms with Crippen molar-refractivity contribution in [2.45, 2.75) is 32.4 Å². The number of likely N-dealkylation sites (N-methyl/N-ethyl adjacent to an activating group) is 1. The molecule has 0 spiro atoms. The minimum atomic E-state index is -0.964.